The molecule has 0 bridgehead atoms. The lowest BCUT2D eigenvalue weighted by atomic mass is 9.86. The molecule has 6 aromatic rings. The van der Waals surface area contributed by atoms with Crippen molar-refractivity contribution >= 4 is 22.8 Å². The molecule has 3 heterocycles. The number of carbonyl (C=O) groups excluding carboxylic acids is 2. The number of phenolic OH excluding ortho intramolecular Hbond substituents is 1. The molecular weight excluding hydrogens is 795 g/mol. The fourth-order valence-electron chi connectivity index (χ4n) is 8.77. The van der Waals surface area contributed by atoms with Gasteiger partial charge in [-0.15, -0.1) is 0 Å². The van der Waals surface area contributed by atoms with Gasteiger partial charge < -0.3 is 34.7 Å². The minimum Gasteiger partial charge on any atom is -0.506 e. The molecule has 11 nitrogen and oxygen atoms in total. The number of benzene rings is 5. The highest BCUT2D eigenvalue weighted by molar-refractivity contribution is 5.94. The summed E-state index contributed by atoms with van der Waals surface area (Å²) in [5, 5.41) is 33.9. The fraction of sp³-hybridized carbons (Fsp3) is 0.327. The minimum atomic E-state index is -2.03. The highest BCUT2D eigenvalue weighted by Crippen LogP contribution is 2.35. The van der Waals surface area contributed by atoms with Crippen LogP contribution in [0.25, 0.3) is 10.9 Å². The third-order valence-corrected chi connectivity index (χ3v) is 12.5. The van der Waals surface area contributed by atoms with E-state index >= 15 is 0 Å². The van der Waals surface area contributed by atoms with Gasteiger partial charge >= 0.3 is 5.97 Å². The Labute approximate surface area is 367 Å². The average molecular weight is 850 g/mol. The van der Waals surface area contributed by atoms with Crippen LogP contribution in [0, 0.1) is 11.8 Å². The zero-order valence-corrected chi connectivity index (χ0v) is 35.4. The van der Waals surface area contributed by atoms with Crippen molar-refractivity contribution in [1.29, 1.82) is 0 Å². The van der Waals surface area contributed by atoms with Gasteiger partial charge in [-0.2, -0.15) is 0 Å². The smallest absolute Gasteiger partial charge is 0.347 e. The largest absolute Gasteiger partial charge is 0.506 e. The minimum absolute atomic E-state index is 0.0326. The van der Waals surface area contributed by atoms with E-state index in [0.717, 1.165) is 57.3 Å². The monoisotopic (exact) mass is 849 g/mol. The molecule has 0 unspecified atom stereocenters. The van der Waals surface area contributed by atoms with Crippen molar-refractivity contribution in [2.24, 2.45) is 11.8 Å². The van der Waals surface area contributed by atoms with Crippen LogP contribution in [0.4, 0.5) is 0 Å². The number of aryl methyl sites for hydroxylation is 1. The van der Waals surface area contributed by atoms with Gasteiger partial charge in [-0.05, 0) is 110 Å². The van der Waals surface area contributed by atoms with E-state index in [1.807, 2.05) is 36.4 Å². The molecule has 0 spiro atoms. The molecule has 4 N–H and O–H groups in total. The van der Waals surface area contributed by atoms with Crippen LogP contribution in [-0.4, -0.2) is 81.4 Å². The Kier molecular flexibility index (Phi) is 13.7. The molecule has 2 aliphatic rings. The van der Waals surface area contributed by atoms with Gasteiger partial charge in [-0.1, -0.05) is 97.4 Å². The number of carbonyl (C=O) groups is 2. The number of rotatable bonds is 17. The summed E-state index contributed by atoms with van der Waals surface area (Å²) in [6.45, 7) is 4.47. The standard InChI is InChI=1S/C52H55N3O8/c56-46(44-22-24-47(57)49-45(44)23-25-48(58)53-49)17-8-7-10-36-18-20-40(21-19-36)50(59)55-32-39(33-55)35-62-43-16-9-15-42(30-43)52(61,41-13-5-2-6-14-41)51(60)63-34-38-26-28-54(29-27-38)31-37-11-3-1-4-12-37/h1-6,9,11-16,18-25,30,38-39,46,56-57,61H,7-8,10,17,26-29,31-35H2,(H,53,58)/t46-,52-/m0/s1. The van der Waals surface area contributed by atoms with Crippen LogP contribution in [0.2, 0.25) is 0 Å². The maximum absolute atomic E-state index is 13.9. The number of phenols is 1. The summed E-state index contributed by atoms with van der Waals surface area (Å²) in [5.41, 5.74) is 2.45. The topological polar surface area (TPSA) is 153 Å². The normalized spacial score (nSPS) is 16.3. The predicted octanol–water partition coefficient (Wildman–Crippen LogP) is 7.52. The molecule has 8 rings (SSSR count). The van der Waals surface area contributed by atoms with Crippen LogP contribution in [0.3, 0.4) is 0 Å². The Bertz CT molecular complexity index is 2530. The van der Waals surface area contributed by atoms with Crippen LogP contribution in [0.15, 0.2) is 138 Å². The van der Waals surface area contributed by atoms with Gasteiger partial charge in [0.1, 0.15) is 11.5 Å². The van der Waals surface area contributed by atoms with Crippen LogP contribution in [0.5, 0.6) is 11.5 Å². The molecule has 326 valence electrons. The van der Waals surface area contributed by atoms with Gasteiger partial charge in [0.25, 0.3) is 5.91 Å². The molecule has 5 aromatic carbocycles. The summed E-state index contributed by atoms with van der Waals surface area (Å²) in [6, 6.07) is 40.2. The number of H-pyrrole nitrogens is 1. The number of nitrogens with one attached hydrogen (secondary N) is 1. The molecule has 2 atom stereocenters. The molecular formula is C52H55N3O8. The first-order chi connectivity index (χ1) is 30.6. The van der Waals surface area contributed by atoms with Gasteiger partial charge in [-0.25, -0.2) is 4.79 Å². The van der Waals surface area contributed by atoms with E-state index in [2.05, 4.69) is 34.1 Å². The second-order valence-corrected chi connectivity index (χ2v) is 17.0. The predicted molar refractivity (Wildman–Crippen MR) is 241 cm³/mol. The number of piperidine rings is 1. The van der Waals surface area contributed by atoms with Crippen LogP contribution >= 0.6 is 0 Å². The number of fused-ring (bicyclic) bond motifs is 1. The van der Waals surface area contributed by atoms with Crippen molar-refractivity contribution in [3.63, 3.8) is 0 Å². The summed E-state index contributed by atoms with van der Waals surface area (Å²) in [5.74, 6) is 0.0811. The number of esters is 1. The fourth-order valence-corrected chi connectivity index (χ4v) is 8.77. The van der Waals surface area contributed by atoms with E-state index in [4.69, 9.17) is 9.47 Å². The summed E-state index contributed by atoms with van der Waals surface area (Å²) in [7, 11) is 0. The Hall–Kier alpha value is -6.27. The van der Waals surface area contributed by atoms with Crippen molar-refractivity contribution < 1.29 is 34.4 Å². The number of aliphatic hydroxyl groups is 2. The summed E-state index contributed by atoms with van der Waals surface area (Å²) < 4.78 is 12.1. The number of aliphatic hydroxyl groups excluding tert-OH is 1. The van der Waals surface area contributed by atoms with Crippen LogP contribution < -0.4 is 10.3 Å². The Morgan fingerprint density at radius 3 is 2.22 bits per heavy atom. The summed E-state index contributed by atoms with van der Waals surface area (Å²) >= 11 is 0. The second kappa shape index (κ2) is 19.8. The average Bonchev–Trinajstić information content (AvgIpc) is 3.30. The maximum Gasteiger partial charge on any atom is 0.347 e. The number of nitrogens with zero attached hydrogens (tertiary/aromatic N) is 2. The summed E-state index contributed by atoms with van der Waals surface area (Å²) in [6.07, 6.45) is 4.03. The van der Waals surface area contributed by atoms with Crippen molar-refractivity contribution in [2.75, 3.05) is 39.4 Å². The summed E-state index contributed by atoms with van der Waals surface area (Å²) in [4.78, 5) is 45.8. The van der Waals surface area contributed by atoms with Crippen molar-refractivity contribution in [3.8, 4) is 11.5 Å². The molecule has 0 aliphatic carbocycles. The first-order valence-corrected chi connectivity index (χ1v) is 22.0. The number of aromatic nitrogens is 1. The second-order valence-electron chi connectivity index (χ2n) is 17.0. The number of ether oxygens (including phenoxy) is 2. The number of hydrogen-bond donors (Lipinski definition) is 4. The maximum atomic E-state index is 13.9. The number of hydrogen-bond acceptors (Lipinski definition) is 9. The zero-order valence-electron chi connectivity index (χ0n) is 35.4. The Morgan fingerprint density at radius 2 is 1.48 bits per heavy atom. The van der Waals surface area contributed by atoms with E-state index in [9.17, 15) is 29.7 Å². The molecule has 2 saturated heterocycles. The molecule has 0 radical (unpaired) electrons. The van der Waals surface area contributed by atoms with Gasteiger partial charge in [0.15, 0.2) is 0 Å². The van der Waals surface area contributed by atoms with E-state index in [1.165, 1.54) is 17.7 Å². The van der Waals surface area contributed by atoms with E-state index in [-0.39, 0.29) is 35.7 Å². The van der Waals surface area contributed by atoms with E-state index in [1.54, 1.807) is 65.6 Å². The lowest BCUT2D eigenvalue weighted by molar-refractivity contribution is -0.164. The van der Waals surface area contributed by atoms with Gasteiger partial charge in [0.05, 0.1) is 24.8 Å². The molecule has 2 fully saturated rings. The van der Waals surface area contributed by atoms with Gasteiger partial charge in [0, 0.05) is 48.1 Å². The lowest BCUT2D eigenvalue weighted by Gasteiger charge is -2.39. The molecule has 63 heavy (non-hydrogen) atoms. The van der Waals surface area contributed by atoms with E-state index in [0.29, 0.717) is 65.0 Å². The number of pyridine rings is 1. The third-order valence-electron chi connectivity index (χ3n) is 12.5. The molecule has 0 saturated carbocycles. The van der Waals surface area contributed by atoms with Gasteiger partial charge in [-0.3, -0.25) is 14.5 Å². The molecule has 1 aromatic heterocycles. The lowest BCUT2D eigenvalue weighted by Crippen LogP contribution is -2.52. The Morgan fingerprint density at radius 1 is 0.762 bits per heavy atom. The molecule has 1 amide bonds. The number of unbranched alkanes of at least 4 members (excludes halogenated alkanes) is 1. The molecule has 2 aliphatic heterocycles. The van der Waals surface area contributed by atoms with Crippen LogP contribution in [0.1, 0.15) is 76.4 Å². The highest BCUT2D eigenvalue weighted by Gasteiger charge is 2.42. The first-order valence-electron chi connectivity index (χ1n) is 22.0. The highest BCUT2D eigenvalue weighted by atomic mass is 16.5. The van der Waals surface area contributed by atoms with Crippen LogP contribution in [-0.2, 0) is 28.1 Å². The number of aromatic hydroxyl groups is 1. The SMILES string of the molecule is O=C(c1ccc(CCCC[C@H](O)c2ccc(O)c3[nH]c(=O)ccc23)cc1)N1CC(COc2cccc([C@](O)(C(=O)OCC3CCN(Cc4ccccc4)CC3)c3ccccc3)c2)C1. The quantitative estimate of drug-likeness (QED) is 0.0540. The third kappa shape index (κ3) is 10.3. The number of aromatic amines is 1. The van der Waals surface area contributed by atoms with E-state index < -0.39 is 17.7 Å². The number of amides is 1. The van der Waals surface area contributed by atoms with Gasteiger partial charge in [0.2, 0.25) is 11.2 Å². The van der Waals surface area contributed by atoms with Crippen molar-refractivity contribution in [2.45, 2.75) is 56.8 Å². The zero-order chi connectivity index (χ0) is 43.8. The molecule has 11 heteroatoms. The Balaban J connectivity index is 0.788. The van der Waals surface area contributed by atoms with Crippen molar-refractivity contribution in [3.05, 3.63) is 177 Å². The van der Waals surface area contributed by atoms with Crippen molar-refractivity contribution in [1.82, 2.24) is 14.8 Å². The first kappa shape index (κ1) is 43.4. The number of likely N-dealkylation sites (tertiary alicyclic amines) is 2.